The van der Waals surface area contributed by atoms with E-state index >= 15 is 0 Å². The van der Waals surface area contributed by atoms with Gasteiger partial charge in [-0.3, -0.25) is 0 Å². The van der Waals surface area contributed by atoms with E-state index in [0.29, 0.717) is 0 Å². The van der Waals surface area contributed by atoms with Crippen molar-refractivity contribution in [3.63, 3.8) is 0 Å². The minimum absolute atomic E-state index is 1.12. The first-order valence-electron chi connectivity index (χ1n) is 17.1. The van der Waals surface area contributed by atoms with E-state index in [1.54, 1.807) is 0 Å². The van der Waals surface area contributed by atoms with Crippen LogP contribution in [-0.2, 0) is 0 Å². The highest BCUT2D eigenvalue weighted by Crippen LogP contribution is 2.47. The average molecular weight is 654 g/mol. The molecule has 1 nitrogen and oxygen atoms in total. The van der Waals surface area contributed by atoms with Gasteiger partial charge < -0.3 is 4.90 Å². The third-order valence-corrected chi connectivity index (χ3v) is 11.2. The van der Waals surface area contributed by atoms with Gasteiger partial charge >= 0.3 is 0 Å². The maximum atomic E-state index is 2.40. The molecule has 0 amide bonds. The Balaban J connectivity index is 1.17. The molecule has 0 aliphatic heterocycles. The number of nitrogens with zero attached hydrogens (tertiary/aromatic N) is 1. The molecule has 2 heteroatoms. The first-order valence-corrected chi connectivity index (χ1v) is 17.9. The number of hydrogen-bond donors (Lipinski definition) is 0. The van der Waals surface area contributed by atoms with Gasteiger partial charge in [-0.2, -0.15) is 0 Å². The molecule has 1 aromatic heterocycles. The molecule has 0 spiro atoms. The summed E-state index contributed by atoms with van der Waals surface area (Å²) in [4.78, 5) is 2.38. The minimum Gasteiger partial charge on any atom is -0.310 e. The summed E-state index contributed by atoms with van der Waals surface area (Å²) in [6.07, 6.45) is 0. The lowest BCUT2D eigenvalue weighted by Crippen LogP contribution is -2.09. The summed E-state index contributed by atoms with van der Waals surface area (Å²) in [6.45, 7) is 0. The van der Waals surface area contributed by atoms with E-state index in [-0.39, 0.29) is 0 Å². The maximum Gasteiger partial charge on any atom is 0.0468 e. The van der Waals surface area contributed by atoms with Crippen LogP contribution in [0.25, 0.3) is 74.7 Å². The fourth-order valence-corrected chi connectivity index (χ4v) is 8.86. The van der Waals surface area contributed by atoms with Crippen LogP contribution in [0.2, 0.25) is 0 Å². The molecule has 10 aromatic rings. The third kappa shape index (κ3) is 4.76. The highest BCUT2D eigenvalue weighted by molar-refractivity contribution is 7.26. The van der Waals surface area contributed by atoms with Gasteiger partial charge in [0.15, 0.2) is 0 Å². The lowest BCUT2D eigenvalue weighted by molar-refractivity contribution is 1.29. The predicted molar refractivity (Wildman–Crippen MR) is 217 cm³/mol. The van der Waals surface area contributed by atoms with Gasteiger partial charge in [-0.05, 0) is 109 Å². The largest absolute Gasteiger partial charge is 0.310 e. The van der Waals surface area contributed by atoms with Gasteiger partial charge in [0.05, 0.1) is 0 Å². The number of rotatable bonds is 5. The molecule has 10 rings (SSSR count). The van der Waals surface area contributed by atoms with E-state index in [9.17, 15) is 0 Å². The first kappa shape index (κ1) is 28.8. The summed E-state index contributed by atoms with van der Waals surface area (Å²) in [5.74, 6) is 0. The maximum absolute atomic E-state index is 2.40. The second kappa shape index (κ2) is 11.7. The van der Waals surface area contributed by atoms with E-state index in [2.05, 4.69) is 193 Å². The van der Waals surface area contributed by atoms with Crippen LogP contribution in [0.15, 0.2) is 188 Å². The Hall–Kier alpha value is -6.22. The lowest BCUT2D eigenvalue weighted by atomic mass is 9.94. The van der Waals surface area contributed by atoms with Crippen molar-refractivity contribution in [2.75, 3.05) is 4.90 Å². The SMILES string of the molecule is c1ccc(N(c2ccc(-c3cccc4ccccc34)cc2)c2ccc3sc4c5ccccc5cc(-c5ccc6ccccc6c5)c4c3c2)cc1. The van der Waals surface area contributed by atoms with Crippen LogP contribution in [0, 0.1) is 0 Å². The molecule has 0 N–H and O–H groups in total. The van der Waals surface area contributed by atoms with Crippen molar-refractivity contribution in [1.29, 1.82) is 0 Å². The number of anilines is 3. The lowest BCUT2D eigenvalue weighted by Gasteiger charge is -2.26. The summed E-state index contributed by atoms with van der Waals surface area (Å²) < 4.78 is 2.63. The number of thiophene rings is 1. The third-order valence-electron chi connectivity index (χ3n) is 10.0. The van der Waals surface area contributed by atoms with Gasteiger partial charge in [0.2, 0.25) is 0 Å². The molecule has 50 heavy (non-hydrogen) atoms. The van der Waals surface area contributed by atoms with Crippen molar-refractivity contribution in [3.8, 4) is 22.3 Å². The van der Waals surface area contributed by atoms with E-state index < -0.39 is 0 Å². The predicted octanol–water partition coefficient (Wildman–Crippen LogP) is 14.3. The summed E-state index contributed by atoms with van der Waals surface area (Å²) in [7, 11) is 0. The van der Waals surface area contributed by atoms with Crippen LogP contribution in [0.3, 0.4) is 0 Å². The van der Waals surface area contributed by atoms with Gasteiger partial charge in [-0.1, -0.05) is 133 Å². The quantitative estimate of drug-likeness (QED) is 0.179. The smallest absolute Gasteiger partial charge is 0.0468 e. The summed E-state index contributed by atoms with van der Waals surface area (Å²) in [5.41, 5.74) is 8.38. The van der Waals surface area contributed by atoms with Gasteiger partial charge in [0.25, 0.3) is 0 Å². The van der Waals surface area contributed by atoms with Crippen LogP contribution >= 0.6 is 11.3 Å². The fourth-order valence-electron chi connectivity index (χ4n) is 7.62. The Kier molecular flexibility index (Phi) is 6.75. The van der Waals surface area contributed by atoms with Crippen molar-refractivity contribution in [2.45, 2.75) is 0 Å². The monoisotopic (exact) mass is 653 g/mol. The first-order chi connectivity index (χ1) is 24.8. The molecule has 0 atom stereocenters. The topological polar surface area (TPSA) is 3.24 Å². The van der Waals surface area contributed by atoms with Crippen molar-refractivity contribution in [1.82, 2.24) is 0 Å². The molecule has 9 aromatic carbocycles. The molecular formula is C48H31NS. The molecule has 0 radical (unpaired) electrons. The van der Waals surface area contributed by atoms with E-state index in [0.717, 1.165) is 17.1 Å². The molecular weight excluding hydrogens is 623 g/mol. The van der Waals surface area contributed by atoms with Crippen LogP contribution in [0.1, 0.15) is 0 Å². The van der Waals surface area contributed by atoms with Crippen molar-refractivity contribution < 1.29 is 0 Å². The molecule has 0 saturated heterocycles. The zero-order chi connectivity index (χ0) is 33.0. The Morgan fingerprint density at radius 1 is 0.340 bits per heavy atom. The Labute approximate surface area is 294 Å². The summed E-state index contributed by atoms with van der Waals surface area (Å²) >= 11 is 1.90. The van der Waals surface area contributed by atoms with Crippen LogP contribution in [-0.4, -0.2) is 0 Å². The molecule has 234 valence electrons. The molecule has 0 saturated carbocycles. The Bertz CT molecular complexity index is 2860. The molecule has 0 unspecified atom stereocenters. The van der Waals surface area contributed by atoms with Gasteiger partial charge in [-0.25, -0.2) is 0 Å². The van der Waals surface area contributed by atoms with Gasteiger partial charge in [-0.15, -0.1) is 11.3 Å². The Morgan fingerprint density at radius 2 is 0.980 bits per heavy atom. The minimum atomic E-state index is 1.12. The van der Waals surface area contributed by atoms with Crippen LogP contribution in [0.5, 0.6) is 0 Å². The molecule has 1 heterocycles. The van der Waals surface area contributed by atoms with E-state index in [1.165, 1.54) is 74.7 Å². The number of para-hydroxylation sites is 1. The average Bonchev–Trinajstić information content (AvgIpc) is 3.57. The highest BCUT2D eigenvalue weighted by Gasteiger charge is 2.19. The van der Waals surface area contributed by atoms with Crippen molar-refractivity contribution in [2.24, 2.45) is 0 Å². The summed E-state index contributed by atoms with van der Waals surface area (Å²) in [5, 5.41) is 10.2. The van der Waals surface area contributed by atoms with E-state index in [1.807, 2.05) is 11.3 Å². The van der Waals surface area contributed by atoms with Crippen molar-refractivity contribution >= 4 is 80.9 Å². The number of fused-ring (bicyclic) bond motifs is 7. The number of hydrogen-bond acceptors (Lipinski definition) is 2. The fraction of sp³-hybridized carbons (Fsp3) is 0. The summed E-state index contributed by atoms with van der Waals surface area (Å²) in [6, 6.07) is 68.7. The standard InChI is InChI=1S/C48H31NS/c1-2-16-38(17-3-1)49(39-25-23-34(24-26-39)42-20-10-15-33-12-6-8-18-41(33)42)40-27-28-46-45(31-40)47-44(30-36-14-7-9-19-43(36)48(47)50-46)37-22-21-32-11-4-5-13-35(32)29-37/h1-31H. The van der Waals surface area contributed by atoms with E-state index in [4.69, 9.17) is 0 Å². The second-order valence-corrected chi connectivity index (χ2v) is 14.0. The molecule has 0 aliphatic rings. The van der Waals surface area contributed by atoms with Crippen LogP contribution in [0.4, 0.5) is 17.1 Å². The normalized spacial score (nSPS) is 11.6. The second-order valence-electron chi connectivity index (χ2n) is 12.9. The van der Waals surface area contributed by atoms with Crippen molar-refractivity contribution in [3.05, 3.63) is 188 Å². The van der Waals surface area contributed by atoms with Gasteiger partial charge in [0, 0.05) is 37.2 Å². The van der Waals surface area contributed by atoms with Crippen LogP contribution < -0.4 is 4.90 Å². The number of benzene rings is 9. The Morgan fingerprint density at radius 3 is 1.82 bits per heavy atom. The highest BCUT2D eigenvalue weighted by atomic mass is 32.1. The zero-order valence-corrected chi connectivity index (χ0v) is 28.1. The van der Waals surface area contributed by atoms with Gasteiger partial charge in [0.1, 0.15) is 0 Å². The molecule has 0 aliphatic carbocycles. The zero-order valence-electron chi connectivity index (χ0n) is 27.3. The molecule has 0 bridgehead atoms. The molecule has 0 fully saturated rings.